The molecule has 1 saturated heterocycles. The fourth-order valence-electron chi connectivity index (χ4n) is 4.09. The second-order valence-corrected chi connectivity index (χ2v) is 8.49. The van der Waals surface area contributed by atoms with Crippen LogP contribution in [0.2, 0.25) is 5.02 Å². The summed E-state index contributed by atoms with van der Waals surface area (Å²) in [6.45, 7) is 5.07. The van der Waals surface area contributed by atoms with Gasteiger partial charge in [0.2, 0.25) is 0 Å². The number of likely N-dealkylation sites (tertiary alicyclic amines) is 1. The molecule has 0 spiro atoms. The highest BCUT2D eigenvalue weighted by Gasteiger charge is 2.46. The molecule has 1 atom stereocenters. The summed E-state index contributed by atoms with van der Waals surface area (Å²) in [6.07, 6.45) is 1.37. The molecule has 1 aliphatic rings. The van der Waals surface area contributed by atoms with E-state index < -0.39 is 17.7 Å². The van der Waals surface area contributed by atoms with Crippen LogP contribution >= 0.6 is 11.6 Å². The minimum atomic E-state index is -0.800. The summed E-state index contributed by atoms with van der Waals surface area (Å²) in [5, 5.41) is 11.7. The molecule has 0 bridgehead atoms. The number of nitrogens with zero attached hydrogens (tertiary/aromatic N) is 1. The van der Waals surface area contributed by atoms with E-state index >= 15 is 0 Å². The number of hydrogen-bond donors (Lipinski definition) is 1. The zero-order chi connectivity index (χ0) is 24.8. The Morgan fingerprint density at radius 3 is 2.59 bits per heavy atom. The van der Waals surface area contributed by atoms with Crippen LogP contribution in [0.1, 0.15) is 42.5 Å². The van der Waals surface area contributed by atoms with Gasteiger partial charge in [0.25, 0.3) is 11.7 Å². The fraction of sp³-hybridized carbons (Fsp3) is 0.385. The van der Waals surface area contributed by atoms with Crippen LogP contribution in [0.3, 0.4) is 0 Å². The van der Waals surface area contributed by atoms with Crippen molar-refractivity contribution in [2.24, 2.45) is 0 Å². The van der Waals surface area contributed by atoms with Crippen LogP contribution in [-0.2, 0) is 14.3 Å². The van der Waals surface area contributed by atoms with Crippen molar-refractivity contribution >= 4 is 29.1 Å². The van der Waals surface area contributed by atoms with Crippen molar-refractivity contribution in [2.75, 3.05) is 34.0 Å². The lowest BCUT2D eigenvalue weighted by atomic mass is 9.94. The third-order valence-electron chi connectivity index (χ3n) is 5.58. The number of aryl methyl sites for hydroxylation is 1. The zero-order valence-electron chi connectivity index (χ0n) is 19.9. The molecule has 1 aliphatic heterocycles. The summed E-state index contributed by atoms with van der Waals surface area (Å²) in [5.41, 5.74) is 1.67. The van der Waals surface area contributed by atoms with Gasteiger partial charge in [-0.25, -0.2) is 0 Å². The number of aliphatic hydroxyl groups excluding tert-OH is 1. The Hall–Kier alpha value is -3.03. The average molecular weight is 488 g/mol. The maximum Gasteiger partial charge on any atom is 0.295 e. The molecule has 1 unspecified atom stereocenters. The van der Waals surface area contributed by atoms with Gasteiger partial charge < -0.3 is 24.2 Å². The smallest absolute Gasteiger partial charge is 0.295 e. The fourth-order valence-corrected chi connectivity index (χ4v) is 4.44. The Kier molecular flexibility index (Phi) is 8.58. The highest BCUT2D eigenvalue weighted by Crippen LogP contribution is 2.43. The molecule has 2 aromatic rings. The Morgan fingerprint density at radius 1 is 1.15 bits per heavy atom. The third kappa shape index (κ3) is 5.21. The molecule has 34 heavy (non-hydrogen) atoms. The van der Waals surface area contributed by atoms with Crippen molar-refractivity contribution in [1.82, 2.24) is 4.90 Å². The first-order valence-corrected chi connectivity index (χ1v) is 11.6. The monoisotopic (exact) mass is 487 g/mol. The van der Waals surface area contributed by atoms with Gasteiger partial charge in [0.05, 0.1) is 35.9 Å². The van der Waals surface area contributed by atoms with E-state index in [1.54, 1.807) is 31.4 Å². The Balaban J connectivity index is 2.20. The van der Waals surface area contributed by atoms with Crippen molar-refractivity contribution in [3.63, 3.8) is 0 Å². The number of hydrogen-bond acceptors (Lipinski definition) is 6. The number of carbonyl (C=O) groups is 2. The average Bonchev–Trinajstić information content (AvgIpc) is 3.07. The topological polar surface area (TPSA) is 85.3 Å². The molecule has 1 amide bonds. The van der Waals surface area contributed by atoms with E-state index in [1.807, 2.05) is 26.0 Å². The van der Waals surface area contributed by atoms with E-state index in [-0.39, 0.29) is 29.2 Å². The minimum absolute atomic E-state index is 0.0185. The first-order chi connectivity index (χ1) is 16.3. The number of ether oxygens (including phenoxy) is 3. The number of aliphatic hydroxyl groups is 1. The van der Waals surface area contributed by atoms with Crippen molar-refractivity contribution in [2.45, 2.75) is 32.7 Å². The maximum atomic E-state index is 13.2. The Labute approximate surface area is 204 Å². The number of benzene rings is 2. The molecule has 0 saturated carbocycles. The molecule has 8 heteroatoms. The number of ketones is 1. The van der Waals surface area contributed by atoms with Crippen molar-refractivity contribution in [3.8, 4) is 11.5 Å². The Bertz CT molecular complexity index is 1100. The van der Waals surface area contributed by atoms with E-state index in [1.165, 1.54) is 12.0 Å². The van der Waals surface area contributed by atoms with Crippen LogP contribution in [0.25, 0.3) is 5.76 Å². The maximum absolute atomic E-state index is 13.2. The molecule has 3 rings (SSSR count). The van der Waals surface area contributed by atoms with Crippen LogP contribution in [0.4, 0.5) is 0 Å². The predicted octanol–water partition coefficient (Wildman–Crippen LogP) is 4.90. The van der Waals surface area contributed by atoms with Gasteiger partial charge in [0.1, 0.15) is 17.3 Å². The van der Waals surface area contributed by atoms with Crippen molar-refractivity contribution in [3.05, 3.63) is 63.7 Å². The molecule has 0 aliphatic carbocycles. The van der Waals surface area contributed by atoms with Crippen LogP contribution in [0.5, 0.6) is 11.5 Å². The van der Waals surface area contributed by atoms with E-state index in [9.17, 15) is 14.7 Å². The van der Waals surface area contributed by atoms with Crippen molar-refractivity contribution in [1.29, 1.82) is 0 Å². The third-order valence-corrected chi connectivity index (χ3v) is 5.86. The summed E-state index contributed by atoms with van der Waals surface area (Å²) in [6, 6.07) is 9.81. The molecular formula is C26H30ClNO6. The standard InChI is InChI=1S/C26H30ClNO6/c1-5-11-34-18-9-6-8-17(15-18)22-21(24(30)26(31)28(22)10-7-12-32-3)23(29)19-13-16(2)14-20(27)25(19)33-4/h6,8-9,13-15,22,29H,5,7,10-12H2,1-4H3/b23-21+. The van der Waals surface area contributed by atoms with Gasteiger partial charge in [-0.3, -0.25) is 9.59 Å². The van der Waals surface area contributed by atoms with Crippen LogP contribution in [-0.4, -0.2) is 55.7 Å². The molecule has 2 aromatic carbocycles. The highest BCUT2D eigenvalue weighted by molar-refractivity contribution is 6.46. The summed E-state index contributed by atoms with van der Waals surface area (Å²) in [7, 11) is 3.01. The molecule has 1 heterocycles. The van der Waals surface area contributed by atoms with Gasteiger partial charge in [-0.2, -0.15) is 0 Å². The van der Waals surface area contributed by atoms with Crippen molar-refractivity contribution < 1.29 is 28.9 Å². The lowest BCUT2D eigenvalue weighted by Gasteiger charge is -2.26. The quantitative estimate of drug-likeness (QED) is 0.222. The Morgan fingerprint density at radius 2 is 1.91 bits per heavy atom. The number of Topliss-reactive ketones (excluding diaryl/α,β-unsaturated/α-hetero) is 1. The normalized spacial score (nSPS) is 17.3. The molecule has 1 N–H and O–H groups in total. The minimum Gasteiger partial charge on any atom is -0.507 e. The predicted molar refractivity (Wildman–Crippen MR) is 130 cm³/mol. The number of amides is 1. The number of methoxy groups -OCH3 is 2. The number of halogens is 1. The SMILES string of the molecule is CCCOc1cccc(C2/C(=C(\O)c3cc(C)cc(Cl)c3OC)C(=O)C(=O)N2CCCOC)c1. The lowest BCUT2D eigenvalue weighted by Crippen LogP contribution is -2.31. The molecular weight excluding hydrogens is 458 g/mol. The summed E-state index contributed by atoms with van der Waals surface area (Å²) >= 11 is 6.34. The molecule has 0 aromatic heterocycles. The first-order valence-electron chi connectivity index (χ1n) is 11.2. The van der Waals surface area contributed by atoms with Gasteiger partial charge >= 0.3 is 0 Å². The summed E-state index contributed by atoms with van der Waals surface area (Å²) in [5.74, 6) is -0.924. The summed E-state index contributed by atoms with van der Waals surface area (Å²) < 4.78 is 16.3. The molecule has 1 fully saturated rings. The zero-order valence-corrected chi connectivity index (χ0v) is 20.6. The number of carbonyl (C=O) groups excluding carboxylic acids is 2. The lowest BCUT2D eigenvalue weighted by molar-refractivity contribution is -0.140. The highest BCUT2D eigenvalue weighted by atomic mass is 35.5. The second-order valence-electron chi connectivity index (χ2n) is 8.09. The van der Waals surface area contributed by atoms with Gasteiger partial charge in [0.15, 0.2) is 0 Å². The largest absolute Gasteiger partial charge is 0.507 e. The van der Waals surface area contributed by atoms with Crippen LogP contribution in [0.15, 0.2) is 42.0 Å². The number of rotatable bonds is 10. The van der Waals surface area contributed by atoms with Gasteiger partial charge in [-0.15, -0.1) is 0 Å². The molecule has 182 valence electrons. The molecule has 7 nitrogen and oxygen atoms in total. The first kappa shape index (κ1) is 25.6. The van der Waals surface area contributed by atoms with Crippen LogP contribution in [0, 0.1) is 6.92 Å². The van der Waals surface area contributed by atoms with Gasteiger partial charge in [0, 0.05) is 20.3 Å². The second kappa shape index (κ2) is 11.4. The van der Waals surface area contributed by atoms with Gasteiger partial charge in [-0.1, -0.05) is 30.7 Å². The van der Waals surface area contributed by atoms with E-state index in [0.29, 0.717) is 36.0 Å². The molecule has 0 radical (unpaired) electrons. The van der Waals surface area contributed by atoms with E-state index in [4.69, 9.17) is 25.8 Å². The summed E-state index contributed by atoms with van der Waals surface area (Å²) in [4.78, 5) is 27.8. The van der Waals surface area contributed by atoms with Gasteiger partial charge in [-0.05, 0) is 55.2 Å². The van der Waals surface area contributed by atoms with E-state index in [0.717, 1.165) is 12.0 Å². The van der Waals surface area contributed by atoms with E-state index in [2.05, 4.69) is 0 Å². The van der Waals surface area contributed by atoms with Crippen LogP contribution < -0.4 is 9.47 Å².